The van der Waals surface area contributed by atoms with Crippen molar-refractivity contribution in [1.29, 1.82) is 5.41 Å². The van der Waals surface area contributed by atoms with E-state index in [9.17, 15) is 0 Å². The number of nitrogens with zero attached hydrogens (tertiary/aromatic N) is 1. The molecular weight excluding hydrogens is 116 g/mol. The summed E-state index contributed by atoms with van der Waals surface area (Å²) in [5.74, 6) is -0.0180. The van der Waals surface area contributed by atoms with Gasteiger partial charge in [0.1, 0.15) is 5.84 Å². The molecule has 0 aromatic heterocycles. The van der Waals surface area contributed by atoms with Crippen LogP contribution in [-0.2, 0) is 0 Å². The molecule has 9 heavy (non-hydrogen) atoms. The van der Waals surface area contributed by atoms with E-state index in [-0.39, 0.29) is 11.8 Å². The fourth-order valence-electron chi connectivity index (χ4n) is 0.347. The van der Waals surface area contributed by atoms with Crippen molar-refractivity contribution in [3.05, 3.63) is 12.2 Å². The van der Waals surface area contributed by atoms with Crippen LogP contribution in [0.2, 0.25) is 0 Å². The zero-order chi connectivity index (χ0) is 7.28. The number of aliphatic imine (C=N–C) groups is 1. The second-order valence-corrected chi connectivity index (χ2v) is 1.42. The Morgan fingerprint density at radius 3 is 2.44 bits per heavy atom. The van der Waals surface area contributed by atoms with Gasteiger partial charge in [0.2, 0.25) is 5.96 Å². The lowest BCUT2D eigenvalue weighted by Crippen LogP contribution is -2.15. The molecule has 0 spiro atoms. The minimum Gasteiger partial charge on any atom is -0.384 e. The van der Waals surface area contributed by atoms with Gasteiger partial charge in [0.05, 0.1) is 0 Å². The number of hydrogen-bond donors (Lipinski definition) is 3. The van der Waals surface area contributed by atoms with Crippen LogP contribution >= 0.6 is 0 Å². The molecule has 0 heterocycles. The summed E-state index contributed by atoms with van der Waals surface area (Å²) in [5.41, 5.74) is 10.1. The van der Waals surface area contributed by atoms with E-state index in [1.54, 1.807) is 12.2 Å². The van der Waals surface area contributed by atoms with E-state index in [4.69, 9.17) is 16.9 Å². The topological polar surface area (TPSA) is 88.2 Å². The third-order valence-electron chi connectivity index (χ3n) is 0.587. The first-order chi connectivity index (χ1) is 4.16. The van der Waals surface area contributed by atoms with Crippen LogP contribution < -0.4 is 11.5 Å². The van der Waals surface area contributed by atoms with Crippen molar-refractivity contribution in [3.8, 4) is 0 Å². The predicted molar refractivity (Wildman–Crippen MR) is 38.4 cm³/mol. The Morgan fingerprint density at radius 1 is 1.56 bits per heavy atom. The van der Waals surface area contributed by atoms with Gasteiger partial charge in [-0.1, -0.05) is 6.08 Å². The second kappa shape index (κ2) is 3.65. The van der Waals surface area contributed by atoms with Gasteiger partial charge in [0, 0.05) is 0 Å². The lowest BCUT2D eigenvalue weighted by Gasteiger charge is -1.87. The summed E-state index contributed by atoms with van der Waals surface area (Å²) >= 11 is 0. The van der Waals surface area contributed by atoms with Gasteiger partial charge in [-0.3, -0.25) is 5.41 Å². The maximum Gasteiger partial charge on any atom is 0.214 e. The van der Waals surface area contributed by atoms with Crippen LogP contribution in [0.1, 0.15) is 6.92 Å². The van der Waals surface area contributed by atoms with Crippen molar-refractivity contribution in [3.63, 3.8) is 0 Å². The molecule has 0 saturated carbocycles. The van der Waals surface area contributed by atoms with Crippen LogP contribution in [0.15, 0.2) is 17.1 Å². The molecule has 0 atom stereocenters. The van der Waals surface area contributed by atoms with E-state index in [1.165, 1.54) is 0 Å². The Bertz CT molecular complexity index is 156. The maximum absolute atomic E-state index is 6.68. The number of amidine groups is 1. The van der Waals surface area contributed by atoms with E-state index in [0.29, 0.717) is 0 Å². The Labute approximate surface area is 53.8 Å². The third kappa shape index (κ3) is 4.53. The molecule has 0 aliphatic rings. The number of allylic oxidation sites excluding steroid dienone is 1. The Morgan fingerprint density at radius 2 is 2.11 bits per heavy atom. The minimum atomic E-state index is -0.273. The molecule has 0 aliphatic carbocycles. The summed E-state index contributed by atoms with van der Waals surface area (Å²) < 4.78 is 0. The van der Waals surface area contributed by atoms with Crippen molar-refractivity contribution >= 4 is 11.8 Å². The molecule has 0 amide bonds. The number of nitrogens with one attached hydrogen (secondary N) is 1. The highest BCUT2D eigenvalue weighted by molar-refractivity contribution is 5.99. The summed E-state index contributed by atoms with van der Waals surface area (Å²) in [6.45, 7) is 1.81. The third-order valence-corrected chi connectivity index (χ3v) is 0.587. The summed E-state index contributed by atoms with van der Waals surface area (Å²) in [6.07, 6.45) is 3.29. The highest BCUT2D eigenvalue weighted by atomic mass is 15.0. The molecule has 4 nitrogen and oxygen atoms in total. The Balaban J connectivity index is 4.00. The molecule has 5 N–H and O–H groups in total. The molecule has 4 heteroatoms. The number of nitrogens with two attached hydrogens (primary N) is 2. The van der Waals surface area contributed by atoms with Gasteiger partial charge in [-0.25, -0.2) is 0 Å². The Kier molecular flexibility index (Phi) is 3.12. The zero-order valence-corrected chi connectivity index (χ0v) is 5.26. The summed E-state index contributed by atoms with van der Waals surface area (Å²) in [7, 11) is 0. The Hall–Kier alpha value is -1.32. The van der Waals surface area contributed by atoms with E-state index in [1.807, 2.05) is 6.92 Å². The van der Waals surface area contributed by atoms with Gasteiger partial charge in [0.15, 0.2) is 0 Å². The molecule has 0 bridgehead atoms. The molecule has 50 valence electrons. The number of guanidine groups is 1. The first kappa shape index (κ1) is 7.68. The highest BCUT2D eigenvalue weighted by Crippen LogP contribution is 1.72. The summed E-state index contributed by atoms with van der Waals surface area (Å²) in [5, 5.41) is 6.68. The SMILES string of the molecule is C/C=C/C(N)=NC(=N)N. The van der Waals surface area contributed by atoms with E-state index < -0.39 is 0 Å². The average Bonchev–Trinajstić information content (AvgIpc) is 1.63. The molecule has 0 radical (unpaired) electrons. The van der Waals surface area contributed by atoms with Crippen molar-refractivity contribution in [2.45, 2.75) is 6.92 Å². The molecule has 0 fully saturated rings. The van der Waals surface area contributed by atoms with Gasteiger partial charge >= 0.3 is 0 Å². The number of hydrogen-bond acceptors (Lipinski definition) is 1. The molecule has 0 saturated heterocycles. The number of rotatable bonds is 1. The first-order valence-electron chi connectivity index (χ1n) is 2.47. The highest BCUT2D eigenvalue weighted by Gasteiger charge is 1.82. The average molecular weight is 126 g/mol. The molecule has 0 aromatic carbocycles. The van der Waals surface area contributed by atoms with Crippen molar-refractivity contribution in [1.82, 2.24) is 0 Å². The molecule has 0 aromatic rings. The van der Waals surface area contributed by atoms with Crippen LogP contribution in [0.25, 0.3) is 0 Å². The van der Waals surface area contributed by atoms with Crippen LogP contribution in [0.5, 0.6) is 0 Å². The lowest BCUT2D eigenvalue weighted by molar-refractivity contribution is 1.37. The van der Waals surface area contributed by atoms with Crippen molar-refractivity contribution in [2.24, 2.45) is 16.5 Å². The van der Waals surface area contributed by atoms with Gasteiger partial charge in [-0.2, -0.15) is 4.99 Å². The van der Waals surface area contributed by atoms with E-state index in [0.717, 1.165) is 0 Å². The van der Waals surface area contributed by atoms with Gasteiger partial charge in [-0.05, 0) is 13.0 Å². The smallest absolute Gasteiger partial charge is 0.214 e. The minimum absolute atomic E-state index is 0.255. The maximum atomic E-state index is 6.68. The van der Waals surface area contributed by atoms with Crippen LogP contribution in [0.3, 0.4) is 0 Å². The van der Waals surface area contributed by atoms with Gasteiger partial charge in [0.25, 0.3) is 0 Å². The predicted octanol–water partition coefficient (Wildman–Crippen LogP) is -0.187. The van der Waals surface area contributed by atoms with E-state index in [2.05, 4.69) is 4.99 Å². The summed E-state index contributed by atoms with van der Waals surface area (Å²) in [6, 6.07) is 0. The molecule has 0 rings (SSSR count). The fraction of sp³-hybridized carbons (Fsp3) is 0.200. The van der Waals surface area contributed by atoms with Crippen molar-refractivity contribution < 1.29 is 0 Å². The molecule has 0 aliphatic heterocycles. The van der Waals surface area contributed by atoms with Crippen LogP contribution in [-0.4, -0.2) is 11.8 Å². The lowest BCUT2D eigenvalue weighted by atomic mass is 10.5. The summed E-state index contributed by atoms with van der Waals surface area (Å²) in [4.78, 5) is 3.44. The zero-order valence-electron chi connectivity index (χ0n) is 5.26. The fourth-order valence-corrected chi connectivity index (χ4v) is 0.347. The van der Waals surface area contributed by atoms with E-state index >= 15 is 0 Å². The monoisotopic (exact) mass is 126 g/mol. The van der Waals surface area contributed by atoms with Gasteiger partial charge < -0.3 is 11.5 Å². The standard InChI is InChI=1S/C5H10N4/c1-2-3-4(6)9-5(7)8/h2-3H,1H3,(H5,6,7,8,9)/b3-2+. The van der Waals surface area contributed by atoms with Crippen molar-refractivity contribution in [2.75, 3.05) is 0 Å². The first-order valence-corrected chi connectivity index (χ1v) is 2.47. The molecule has 0 unspecified atom stereocenters. The van der Waals surface area contributed by atoms with Gasteiger partial charge in [-0.15, -0.1) is 0 Å². The normalized spacial score (nSPS) is 12.3. The van der Waals surface area contributed by atoms with Crippen LogP contribution in [0, 0.1) is 5.41 Å². The van der Waals surface area contributed by atoms with Crippen LogP contribution in [0.4, 0.5) is 0 Å². The largest absolute Gasteiger partial charge is 0.384 e. The molecular formula is C5H10N4. The second-order valence-electron chi connectivity index (χ2n) is 1.42. The quantitative estimate of drug-likeness (QED) is 0.336.